The number of alkyl halides is 3. The molecular weight excluding hydrogens is 1600 g/mol. The fraction of sp³-hybridized carbons (Fsp3) is 0.419. The molecule has 5 N–H and O–H groups in total. The monoisotopic (exact) mass is 1700 g/mol. The number of amides is 2. The van der Waals surface area contributed by atoms with Crippen molar-refractivity contribution in [3.63, 3.8) is 0 Å². The number of nitrogens with one attached hydrogen (secondary N) is 3. The smallest absolute Gasteiger partial charge is 0.414 e. The zero-order valence-corrected chi connectivity index (χ0v) is 73.6. The van der Waals surface area contributed by atoms with E-state index in [-0.39, 0.29) is 89.1 Å². The molecule has 3 aliphatic rings. The van der Waals surface area contributed by atoms with E-state index in [1.807, 2.05) is 138 Å². The zero-order valence-electron chi connectivity index (χ0n) is 71.1. The van der Waals surface area contributed by atoms with Crippen molar-refractivity contribution >= 4 is 128 Å². The van der Waals surface area contributed by atoms with Crippen LogP contribution in [0.15, 0.2) is 148 Å². The summed E-state index contributed by atoms with van der Waals surface area (Å²) in [5, 5.41) is 11.6. The largest absolute Gasteiger partial charge is 0.443 e. The number of aryl methyl sites for hydroxylation is 3. The third kappa shape index (κ3) is 20.4. The molecule has 15 rings (SSSR count). The third-order valence-electron chi connectivity index (χ3n) is 19.5. The van der Waals surface area contributed by atoms with Crippen LogP contribution in [0.2, 0.25) is 0 Å². The average Bonchev–Trinajstić information content (AvgIpc) is 1.61. The molecule has 0 unspecified atom stereocenters. The number of pyridine rings is 3. The van der Waals surface area contributed by atoms with Gasteiger partial charge in [0.05, 0.1) is 45.5 Å². The molecule has 0 saturated carbocycles. The number of nitrogen functional groups attached to an aromatic ring is 1. The Morgan fingerprint density at radius 3 is 1.23 bits per heavy atom. The van der Waals surface area contributed by atoms with Gasteiger partial charge >= 0.3 is 12.2 Å². The topological polar surface area (TPSA) is 318 Å². The Hall–Kier alpha value is -11.4. The van der Waals surface area contributed by atoms with Crippen LogP contribution >= 0.6 is 36.6 Å². The second-order valence-corrected chi connectivity index (χ2v) is 34.4. The lowest BCUT2D eigenvalue weighted by molar-refractivity contribution is 0.0567. The van der Waals surface area contributed by atoms with Gasteiger partial charge in [0.15, 0.2) is 22.1 Å². The van der Waals surface area contributed by atoms with Gasteiger partial charge in [-0.2, -0.15) is 9.97 Å². The van der Waals surface area contributed by atoms with Gasteiger partial charge in [0, 0.05) is 97.7 Å². The Bertz CT molecular complexity index is 5950. The van der Waals surface area contributed by atoms with E-state index in [1.54, 1.807) is 99.1 Å². The first kappa shape index (κ1) is 90.9. The van der Waals surface area contributed by atoms with E-state index in [0.29, 0.717) is 91.4 Å². The van der Waals surface area contributed by atoms with Gasteiger partial charge in [-0.15, -0.1) is 24.8 Å². The molecule has 34 heteroatoms. The molecule has 28 nitrogen and oxygen atoms in total. The number of rotatable bonds is 14. The molecule has 3 aromatic carbocycles. The van der Waals surface area contributed by atoms with Gasteiger partial charge < -0.3 is 31.2 Å². The van der Waals surface area contributed by atoms with Crippen LogP contribution in [0.5, 0.6) is 0 Å². The average molecular weight is 1710 g/mol. The summed E-state index contributed by atoms with van der Waals surface area (Å²) in [7, 11) is 0. The van der Waals surface area contributed by atoms with Crippen molar-refractivity contribution in [1.82, 2.24) is 72.9 Å². The third-order valence-corrected chi connectivity index (χ3v) is 20.1. The minimum Gasteiger partial charge on any atom is -0.443 e. The van der Waals surface area contributed by atoms with E-state index in [2.05, 4.69) is 56.9 Å². The van der Waals surface area contributed by atoms with Gasteiger partial charge in [-0.1, -0.05) is 30.0 Å². The van der Waals surface area contributed by atoms with Crippen molar-refractivity contribution in [2.75, 3.05) is 57.4 Å². The van der Waals surface area contributed by atoms with Crippen molar-refractivity contribution in [2.45, 2.75) is 215 Å². The summed E-state index contributed by atoms with van der Waals surface area (Å²) < 4.78 is 64.7. The Morgan fingerprint density at radius 1 is 0.475 bits per heavy atom. The molecule has 12 aromatic rings. The number of fused-ring (bicyclic) bond motifs is 6. The van der Waals surface area contributed by atoms with Crippen LogP contribution in [-0.2, 0) is 45.7 Å². The van der Waals surface area contributed by atoms with E-state index in [1.165, 1.54) is 71.3 Å². The number of thioether (sulfide) groups is 1. The maximum absolute atomic E-state index is 14.8. The SMILES string of the molecule is CC(C)(C)OC(=O)N1CCCc2ccc(N)cc21.CC(C)n1c(=O)c2cnc(Nc3ccc4c(c3)N(C(=O)OC(C)(C)C)CCC4)nc2n1-c1ccnc(C(C)(C)F)c1.CC(C)n1c(=O)c2cnc(Nc3ccc4c(c3)NCCC4)nc2n1-c1ccnc(C(C)(C)F)c1.CSc1ncc2c(=O)n(C(C)C)n(-c3ccnc(C(C)(C)F)c3)c2n1.Cl.Cl. The van der Waals surface area contributed by atoms with Gasteiger partial charge in [-0.05, 0) is 259 Å². The maximum atomic E-state index is 14.8. The summed E-state index contributed by atoms with van der Waals surface area (Å²) in [5.74, 6) is 0.643. The molecular formula is C86H106Cl2F3N21O7S. The summed E-state index contributed by atoms with van der Waals surface area (Å²) >= 11 is 1.40. The van der Waals surface area contributed by atoms with E-state index >= 15 is 0 Å². The lowest BCUT2D eigenvalue weighted by Gasteiger charge is -2.32. The number of nitrogens with zero attached hydrogens (tertiary/aromatic N) is 17. The highest BCUT2D eigenvalue weighted by Crippen LogP contribution is 2.37. The molecule has 2 amide bonds. The fourth-order valence-corrected chi connectivity index (χ4v) is 14.4. The standard InChI is InChI=1S/C30H36FN7O3.C25H28FN7O.C17H20FN5OS.C14H20N2O2.2ClH/c1-18(2)37-26(39)22-17-33-27(35-25(22)38(37)21-12-13-32-24(16-21)30(6,7)31)34-20-11-10-19-9-8-14-36(23(19)15-20)28(40)41-29(3,4)5;1-15(2)32-23(34)19-14-29-24(30-17-8-7-16-6-5-10-27-20(16)12-17)31-22(19)33(32)18-9-11-28-21(13-18)25(3,4)26;1-10(2)22-15(24)12-9-20-16(25-5)21-14(12)23(22)11-6-7-19-13(8-11)17(3,4)18;1-14(2,3)18-13(17)16-8-4-5-10-6-7-11(15)9-12(10)16;;/h10-13,15-18H,8-9,14H2,1-7H3,(H,33,34,35);7-9,11-15,27H,5-6,10H2,1-4H3,(H,29,30,31);6-10H,1-5H3;6-7,9H,4-5,8,15H2,1-3H3;2*1H. The molecule has 0 spiro atoms. The lowest BCUT2D eigenvalue weighted by Crippen LogP contribution is -2.39. The number of benzene rings is 3. The number of anilines is 8. The molecule has 638 valence electrons. The van der Waals surface area contributed by atoms with Crippen LogP contribution in [0.4, 0.5) is 68.8 Å². The number of carbonyl (C=O) groups excluding carboxylic acids is 2. The summed E-state index contributed by atoms with van der Waals surface area (Å²) in [6.07, 6.45) is 16.2. The Balaban J connectivity index is 0.000000174. The molecule has 0 bridgehead atoms. The second kappa shape index (κ2) is 36.3. The van der Waals surface area contributed by atoms with Crippen LogP contribution in [0.3, 0.4) is 0 Å². The molecule has 0 atom stereocenters. The highest BCUT2D eigenvalue weighted by molar-refractivity contribution is 7.98. The minimum absolute atomic E-state index is 0. The van der Waals surface area contributed by atoms with Crippen molar-refractivity contribution < 1.29 is 32.2 Å². The van der Waals surface area contributed by atoms with Crippen molar-refractivity contribution in [2.24, 2.45) is 0 Å². The first-order valence-corrected chi connectivity index (χ1v) is 40.7. The zero-order chi connectivity index (χ0) is 85.4. The normalized spacial score (nSPS) is 13.5. The summed E-state index contributed by atoms with van der Waals surface area (Å²) in [6.45, 7) is 33.5. The quantitative estimate of drug-likeness (QED) is 0.0446. The fourth-order valence-electron chi connectivity index (χ4n) is 14.0. The number of carbonyl (C=O) groups is 2. The maximum Gasteiger partial charge on any atom is 0.414 e. The van der Waals surface area contributed by atoms with Gasteiger partial charge in [-0.25, -0.2) is 70.8 Å². The van der Waals surface area contributed by atoms with Crippen molar-refractivity contribution in [1.29, 1.82) is 0 Å². The van der Waals surface area contributed by atoms with Crippen LogP contribution in [-0.4, -0.2) is 122 Å². The van der Waals surface area contributed by atoms with Crippen LogP contribution < -0.4 is 48.2 Å². The highest BCUT2D eigenvalue weighted by atomic mass is 35.5. The van der Waals surface area contributed by atoms with Gasteiger partial charge in [0.2, 0.25) is 11.9 Å². The molecule has 0 saturated heterocycles. The molecule has 3 aliphatic heterocycles. The first-order valence-electron chi connectivity index (χ1n) is 39.5. The number of nitrogens with two attached hydrogens (primary N) is 1. The first-order chi connectivity index (χ1) is 55.5. The molecule has 120 heavy (non-hydrogen) atoms. The van der Waals surface area contributed by atoms with Crippen molar-refractivity contribution in [3.8, 4) is 17.1 Å². The minimum atomic E-state index is -1.66. The molecule has 12 heterocycles. The van der Waals surface area contributed by atoms with E-state index in [4.69, 9.17) is 25.2 Å². The Labute approximate surface area is 711 Å². The van der Waals surface area contributed by atoms with Crippen LogP contribution in [0, 0.1) is 0 Å². The molecule has 0 aliphatic carbocycles. The van der Waals surface area contributed by atoms with E-state index in [0.717, 1.165) is 78.9 Å². The number of ether oxygens (including phenoxy) is 2. The van der Waals surface area contributed by atoms with Gasteiger partial charge in [0.1, 0.15) is 44.4 Å². The van der Waals surface area contributed by atoms with Gasteiger partial charge in [0.25, 0.3) is 16.7 Å². The van der Waals surface area contributed by atoms with E-state index < -0.39 is 28.2 Å². The van der Waals surface area contributed by atoms with Crippen LogP contribution in [0.1, 0.15) is 196 Å². The predicted octanol–water partition coefficient (Wildman–Crippen LogP) is 18.3. The number of hydrogen-bond donors (Lipinski definition) is 4. The van der Waals surface area contributed by atoms with Crippen molar-refractivity contribution in [3.05, 3.63) is 193 Å². The number of aromatic nitrogens is 15. The molecule has 9 aromatic heterocycles. The molecule has 0 radical (unpaired) electrons. The van der Waals surface area contributed by atoms with Gasteiger partial charge in [-0.3, -0.25) is 39.1 Å². The Kier molecular flexibility index (Phi) is 27.5. The predicted molar refractivity (Wildman–Crippen MR) is 474 cm³/mol. The number of halogens is 5. The Morgan fingerprint density at radius 2 is 0.842 bits per heavy atom. The number of hydrogen-bond acceptors (Lipinski definition) is 21. The summed E-state index contributed by atoms with van der Waals surface area (Å²) in [6, 6.07) is 27.3. The second-order valence-electron chi connectivity index (χ2n) is 33.6. The lowest BCUT2D eigenvalue weighted by atomic mass is 10.0. The molecule has 0 fully saturated rings. The van der Waals surface area contributed by atoms with E-state index in [9.17, 15) is 37.1 Å². The highest BCUT2D eigenvalue weighted by Gasteiger charge is 2.33. The van der Waals surface area contributed by atoms with Crippen LogP contribution in [0.25, 0.3) is 50.2 Å². The summed E-state index contributed by atoms with van der Waals surface area (Å²) in [4.78, 5) is 107. The summed E-state index contributed by atoms with van der Waals surface area (Å²) in [5.41, 5.74) is 11.7.